The quantitative estimate of drug-likeness (QED) is 0.903. The van der Waals surface area contributed by atoms with Gasteiger partial charge in [0, 0.05) is 11.6 Å². The molecule has 0 saturated heterocycles. The molecule has 2 N–H and O–H groups in total. The molecular weight excluding hydrogens is 282 g/mol. The lowest BCUT2D eigenvalue weighted by Gasteiger charge is -2.12. The first-order valence-corrected chi connectivity index (χ1v) is 6.87. The van der Waals surface area contributed by atoms with Gasteiger partial charge in [0.1, 0.15) is 0 Å². The number of pyridine rings is 1. The number of methoxy groups -OCH3 is 1. The first kappa shape index (κ1) is 14.1. The summed E-state index contributed by atoms with van der Waals surface area (Å²) in [6, 6.07) is 10.4. The molecule has 6 nitrogen and oxygen atoms in total. The van der Waals surface area contributed by atoms with Crippen molar-refractivity contribution in [1.29, 1.82) is 0 Å². The van der Waals surface area contributed by atoms with E-state index in [1.807, 2.05) is 18.2 Å². The van der Waals surface area contributed by atoms with E-state index in [9.17, 15) is 9.59 Å². The van der Waals surface area contributed by atoms with Crippen molar-refractivity contribution >= 4 is 17.5 Å². The van der Waals surface area contributed by atoms with Crippen LogP contribution in [0, 0.1) is 0 Å². The van der Waals surface area contributed by atoms with Crippen molar-refractivity contribution in [3.05, 3.63) is 53.7 Å². The standard InChI is InChI=1S/C16H15N3O3/c1-22-15-7-6-10(9-17-15)18-14(20)8-13-11-4-2-3-5-12(11)16(21)19-13/h2-7,9,13H,8H2,1H3,(H,18,20)(H,19,21)/t13-/m1/s1. The topological polar surface area (TPSA) is 80.3 Å². The fourth-order valence-corrected chi connectivity index (χ4v) is 2.45. The lowest BCUT2D eigenvalue weighted by Crippen LogP contribution is -2.24. The van der Waals surface area contributed by atoms with Gasteiger partial charge in [-0.05, 0) is 17.7 Å². The molecule has 0 fully saturated rings. The number of fused-ring (bicyclic) bond motifs is 1. The molecule has 1 aromatic heterocycles. The van der Waals surface area contributed by atoms with Crippen molar-refractivity contribution < 1.29 is 14.3 Å². The summed E-state index contributed by atoms with van der Waals surface area (Å²) in [6.07, 6.45) is 1.70. The Morgan fingerprint density at radius 1 is 1.32 bits per heavy atom. The second-order valence-electron chi connectivity index (χ2n) is 4.95. The number of hydrogen-bond acceptors (Lipinski definition) is 4. The van der Waals surface area contributed by atoms with Gasteiger partial charge in [0.25, 0.3) is 5.91 Å². The maximum atomic E-state index is 12.1. The smallest absolute Gasteiger partial charge is 0.252 e. The van der Waals surface area contributed by atoms with Crippen molar-refractivity contribution in [1.82, 2.24) is 10.3 Å². The van der Waals surface area contributed by atoms with Crippen LogP contribution in [-0.2, 0) is 4.79 Å². The third-order valence-corrected chi connectivity index (χ3v) is 3.50. The minimum absolute atomic E-state index is 0.139. The van der Waals surface area contributed by atoms with Crippen LogP contribution in [-0.4, -0.2) is 23.9 Å². The van der Waals surface area contributed by atoms with Gasteiger partial charge in [-0.3, -0.25) is 9.59 Å². The SMILES string of the molecule is COc1ccc(NC(=O)C[C@H]2NC(=O)c3ccccc32)cn1. The van der Waals surface area contributed by atoms with E-state index in [0.29, 0.717) is 17.1 Å². The van der Waals surface area contributed by atoms with E-state index < -0.39 is 0 Å². The van der Waals surface area contributed by atoms with Crippen molar-refractivity contribution in [3.63, 3.8) is 0 Å². The van der Waals surface area contributed by atoms with Crippen molar-refractivity contribution in [2.45, 2.75) is 12.5 Å². The third-order valence-electron chi connectivity index (χ3n) is 3.50. The number of aromatic nitrogens is 1. The third kappa shape index (κ3) is 2.76. The number of hydrogen-bond donors (Lipinski definition) is 2. The zero-order valence-corrected chi connectivity index (χ0v) is 12.0. The van der Waals surface area contributed by atoms with Crippen LogP contribution in [0.3, 0.4) is 0 Å². The molecule has 0 saturated carbocycles. The highest BCUT2D eigenvalue weighted by atomic mass is 16.5. The predicted molar refractivity (Wildman–Crippen MR) is 80.7 cm³/mol. The van der Waals surface area contributed by atoms with Gasteiger partial charge in [0.15, 0.2) is 0 Å². The van der Waals surface area contributed by atoms with Crippen LogP contribution in [0.15, 0.2) is 42.6 Å². The highest BCUT2D eigenvalue weighted by Crippen LogP contribution is 2.27. The molecule has 1 aliphatic rings. The number of carbonyl (C=O) groups is 2. The van der Waals surface area contributed by atoms with Gasteiger partial charge in [-0.15, -0.1) is 0 Å². The molecule has 2 amide bonds. The molecule has 3 rings (SSSR count). The fourth-order valence-electron chi connectivity index (χ4n) is 2.45. The molecule has 112 valence electrons. The van der Waals surface area contributed by atoms with Gasteiger partial charge in [0.05, 0.1) is 31.5 Å². The Hall–Kier alpha value is -2.89. The van der Waals surface area contributed by atoms with Gasteiger partial charge in [-0.2, -0.15) is 0 Å². The molecule has 0 spiro atoms. The normalized spacial score (nSPS) is 15.9. The minimum atomic E-state index is -0.296. The number of nitrogens with one attached hydrogen (secondary N) is 2. The van der Waals surface area contributed by atoms with E-state index in [-0.39, 0.29) is 24.3 Å². The summed E-state index contributed by atoms with van der Waals surface area (Å²) in [4.78, 5) is 28.0. The molecule has 6 heteroatoms. The number of amides is 2. The van der Waals surface area contributed by atoms with Crippen molar-refractivity contribution in [2.75, 3.05) is 12.4 Å². The number of rotatable bonds is 4. The van der Waals surface area contributed by atoms with Crippen LogP contribution in [0.5, 0.6) is 5.88 Å². The Bertz CT molecular complexity index is 713. The molecule has 0 radical (unpaired) electrons. The molecule has 1 atom stereocenters. The average Bonchev–Trinajstić information content (AvgIpc) is 2.85. The van der Waals surface area contributed by atoms with E-state index in [1.165, 1.54) is 13.3 Å². The Morgan fingerprint density at radius 2 is 2.14 bits per heavy atom. The van der Waals surface area contributed by atoms with Gasteiger partial charge in [-0.1, -0.05) is 18.2 Å². The Balaban J connectivity index is 1.66. The average molecular weight is 297 g/mol. The maximum absolute atomic E-state index is 12.1. The Labute approximate surface area is 127 Å². The van der Waals surface area contributed by atoms with Gasteiger partial charge < -0.3 is 15.4 Å². The van der Waals surface area contributed by atoms with Gasteiger partial charge in [0.2, 0.25) is 11.8 Å². The number of benzene rings is 1. The summed E-state index contributed by atoms with van der Waals surface area (Å²) in [5, 5.41) is 5.58. The molecule has 1 aromatic carbocycles. The molecule has 0 bridgehead atoms. The highest BCUT2D eigenvalue weighted by molar-refractivity contribution is 6.00. The van der Waals surface area contributed by atoms with Gasteiger partial charge >= 0.3 is 0 Å². The monoisotopic (exact) mass is 297 g/mol. The molecule has 2 aromatic rings. The number of ether oxygens (including phenoxy) is 1. The first-order valence-electron chi connectivity index (χ1n) is 6.87. The van der Waals surface area contributed by atoms with Crippen LogP contribution in [0.2, 0.25) is 0 Å². The van der Waals surface area contributed by atoms with Crippen LogP contribution in [0.1, 0.15) is 28.4 Å². The van der Waals surface area contributed by atoms with Crippen LogP contribution in [0.4, 0.5) is 5.69 Å². The largest absolute Gasteiger partial charge is 0.481 e. The maximum Gasteiger partial charge on any atom is 0.252 e. The summed E-state index contributed by atoms with van der Waals surface area (Å²) in [6.45, 7) is 0. The molecular formula is C16H15N3O3. The number of nitrogens with zero attached hydrogens (tertiary/aromatic N) is 1. The zero-order valence-electron chi connectivity index (χ0n) is 12.0. The van der Waals surface area contributed by atoms with Crippen molar-refractivity contribution in [2.24, 2.45) is 0 Å². The first-order chi connectivity index (χ1) is 10.7. The van der Waals surface area contributed by atoms with E-state index in [2.05, 4.69) is 15.6 Å². The minimum Gasteiger partial charge on any atom is -0.481 e. The predicted octanol–water partition coefficient (Wildman–Crippen LogP) is 1.90. The lowest BCUT2D eigenvalue weighted by molar-refractivity contribution is -0.116. The molecule has 22 heavy (non-hydrogen) atoms. The summed E-state index contributed by atoms with van der Waals surface area (Å²) in [5.41, 5.74) is 2.07. The summed E-state index contributed by atoms with van der Waals surface area (Å²) in [7, 11) is 1.53. The van der Waals surface area contributed by atoms with Crippen LogP contribution >= 0.6 is 0 Å². The van der Waals surface area contributed by atoms with Crippen LogP contribution < -0.4 is 15.4 Å². The lowest BCUT2D eigenvalue weighted by atomic mass is 10.0. The van der Waals surface area contributed by atoms with E-state index >= 15 is 0 Å². The summed E-state index contributed by atoms with van der Waals surface area (Å²) >= 11 is 0. The van der Waals surface area contributed by atoms with E-state index in [0.717, 1.165) is 5.56 Å². The van der Waals surface area contributed by atoms with Crippen LogP contribution in [0.25, 0.3) is 0 Å². The second kappa shape index (κ2) is 5.85. The molecule has 0 unspecified atom stereocenters. The summed E-state index contributed by atoms with van der Waals surface area (Å²) < 4.78 is 4.96. The Morgan fingerprint density at radius 3 is 2.86 bits per heavy atom. The molecule has 2 heterocycles. The van der Waals surface area contributed by atoms with Crippen molar-refractivity contribution in [3.8, 4) is 5.88 Å². The molecule has 1 aliphatic heterocycles. The molecule has 0 aliphatic carbocycles. The van der Waals surface area contributed by atoms with Gasteiger partial charge in [-0.25, -0.2) is 4.98 Å². The highest BCUT2D eigenvalue weighted by Gasteiger charge is 2.29. The fraction of sp³-hybridized carbons (Fsp3) is 0.188. The Kier molecular flexibility index (Phi) is 3.74. The number of carbonyl (C=O) groups excluding carboxylic acids is 2. The number of anilines is 1. The second-order valence-corrected chi connectivity index (χ2v) is 4.95. The zero-order chi connectivity index (χ0) is 15.5. The van der Waals surface area contributed by atoms with E-state index in [4.69, 9.17) is 4.74 Å². The summed E-state index contributed by atoms with van der Waals surface area (Å²) in [5.74, 6) is 0.156. The van der Waals surface area contributed by atoms with E-state index in [1.54, 1.807) is 18.2 Å².